The Hall–Kier alpha value is -4.60. The number of ether oxygens (including phenoxy) is 2. The van der Waals surface area contributed by atoms with E-state index in [1.165, 1.54) is 0 Å². The molecule has 6 rings (SSSR count). The zero-order valence-electron chi connectivity index (χ0n) is 23.5. The Balaban J connectivity index is 1.21. The van der Waals surface area contributed by atoms with Gasteiger partial charge in [-0.1, -0.05) is 12.1 Å². The van der Waals surface area contributed by atoms with Crippen LogP contribution in [0.15, 0.2) is 60.9 Å². The number of benzene rings is 2. The number of rotatable bonds is 3. The number of hydrogen-bond donors (Lipinski definition) is 2. The van der Waals surface area contributed by atoms with Gasteiger partial charge in [-0.15, -0.1) is 0 Å². The van der Waals surface area contributed by atoms with Crippen molar-refractivity contribution in [2.24, 2.45) is 5.92 Å². The molecule has 2 atom stereocenters. The van der Waals surface area contributed by atoms with Gasteiger partial charge in [-0.3, -0.25) is 19.4 Å². The number of likely N-dealkylation sites (tertiary alicyclic amines) is 2. The number of hydrogen-bond acceptors (Lipinski definition) is 7. The minimum Gasteiger partial charge on any atom is -0.504 e. The number of phenols is 1. The highest BCUT2D eigenvalue weighted by Gasteiger charge is 2.40. The molecule has 0 unspecified atom stereocenters. The van der Waals surface area contributed by atoms with E-state index in [4.69, 9.17) is 9.47 Å². The molecule has 42 heavy (non-hydrogen) atoms. The molecule has 218 valence electrons. The second-order valence-electron chi connectivity index (χ2n) is 11.1. The highest BCUT2D eigenvalue weighted by atomic mass is 16.5. The molecule has 2 N–H and O–H groups in total. The van der Waals surface area contributed by atoms with Crippen LogP contribution in [0.2, 0.25) is 0 Å². The molecular weight excluding hydrogens is 536 g/mol. The average Bonchev–Trinajstić information content (AvgIpc) is 3.44. The molecule has 2 aromatic carbocycles. The Kier molecular flexibility index (Phi) is 7.69. The Morgan fingerprint density at radius 2 is 1.76 bits per heavy atom. The Labute approximate surface area is 244 Å². The summed E-state index contributed by atoms with van der Waals surface area (Å²) in [5.74, 6) is 0.820. The van der Waals surface area contributed by atoms with Gasteiger partial charge in [0, 0.05) is 62.4 Å². The van der Waals surface area contributed by atoms with Gasteiger partial charge >= 0.3 is 0 Å². The first kappa shape index (κ1) is 27.6. The number of amides is 3. The molecule has 3 aliphatic rings. The quantitative estimate of drug-likeness (QED) is 0.495. The summed E-state index contributed by atoms with van der Waals surface area (Å²) in [5.41, 5.74) is 2.36. The molecule has 3 aromatic rings. The molecule has 10 heteroatoms. The average molecular weight is 571 g/mol. The number of pyridine rings is 1. The van der Waals surface area contributed by atoms with Gasteiger partial charge in [0.05, 0.1) is 13.2 Å². The summed E-state index contributed by atoms with van der Waals surface area (Å²) in [5, 5.41) is 13.6. The zero-order valence-corrected chi connectivity index (χ0v) is 23.5. The van der Waals surface area contributed by atoms with Crippen LogP contribution in [0.25, 0.3) is 0 Å². The maximum atomic E-state index is 13.7. The second kappa shape index (κ2) is 11.7. The fourth-order valence-corrected chi connectivity index (χ4v) is 6.19. The summed E-state index contributed by atoms with van der Waals surface area (Å²) in [7, 11) is 1.56. The summed E-state index contributed by atoms with van der Waals surface area (Å²) < 4.78 is 11.7. The Morgan fingerprint density at radius 3 is 2.52 bits per heavy atom. The summed E-state index contributed by atoms with van der Waals surface area (Å²) in [4.78, 5) is 47.3. The smallest absolute Gasteiger partial charge is 0.253 e. The number of nitrogens with one attached hydrogen (secondary N) is 1. The van der Waals surface area contributed by atoms with E-state index < -0.39 is 0 Å². The lowest BCUT2D eigenvalue weighted by molar-refractivity contribution is -0.136. The third kappa shape index (κ3) is 5.61. The van der Waals surface area contributed by atoms with E-state index in [1.807, 2.05) is 23.1 Å². The summed E-state index contributed by atoms with van der Waals surface area (Å²) >= 11 is 0. The van der Waals surface area contributed by atoms with Crippen LogP contribution in [0.3, 0.4) is 0 Å². The highest BCUT2D eigenvalue weighted by molar-refractivity contribution is 5.94. The first-order chi connectivity index (χ1) is 20.4. The molecule has 2 fully saturated rings. The van der Waals surface area contributed by atoms with Crippen molar-refractivity contribution < 1.29 is 29.0 Å². The fourth-order valence-electron chi connectivity index (χ4n) is 6.19. The Morgan fingerprint density at radius 1 is 0.976 bits per heavy atom. The van der Waals surface area contributed by atoms with E-state index in [0.717, 1.165) is 11.1 Å². The monoisotopic (exact) mass is 570 g/mol. The van der Waals surface area contributed by atoms with E-state index in [-0.39, 0.29) is 53.5 Å². The molecule has 0 spiro atoms. The summed E-state index contributed by atoms with van der Waals surface area (Å²) in [6, 6.07) is 13.8. The van der Waals surface area contributed by atoms with Gasteiger partial charge in [0.1, 0.15) is 0 Å². The van der Waals surface area contributed by atoms with Crippen molar-refractivity contribution in [3.63, 3.8) is 0 Å². The Bertz CT molecular complexity index is 1490. The molecular formula is C32H34N4O6. The number of nitrogens with zero attached hydrogens (tertiary/aromatic N) is 3. The van der Waals surface area contributed by atoms with Gasteiger partial charge in [0.25, 0.3) is 5.91 Å². The van der Waals surface area contributed by atoms with Crippen molar-refractivity contribution in [1.82, 2.24) is 20.1 Å². The topological polar surface area (TPSA) is 121 Å². The predicted molar refractivity (Wildman–Crippen MR) is 154 cm³/mol. The van der Waals surface area contributed by atoms with Crippen LogP contribution in [-0.2, 0) is 16.0 Å². The third-order valence-corrected chi connectivity index (χ3v) is 8.54. The molecule has 4 heterocycles. The number of fused-ring (bicyclic) bond motifs is 6. The zero-order chi connectivity index (χ0) is 29.2. The van der Waals surface area contributed by atoms with E-state index in [2.05, 4.69) is 10.3 Å². The number of aryl methyl sites for hydroxylation is 1. The van der Waals surface area contributed by atoms with Crippen LogP contribution in [-0.4, -0.2) is 76.9 Å². The molecule has 0 aliphatic carbocycles. The maximum absolute atomic E-state index is 13.7. The van der Waals surface area contributed by atoms with Gasteiger partial charge in [0.15, 0.2) is 23.0 Å². The van der Waals surface area contributed by atoms with Crippen molar-refractivity contribution in [1.29, 1.82) is 0 Å². The van der Waals surface area contributed by atoms with E-state index >= 15 is 0 Å². The van der Waals surface area contributed by atoms with Gasteiger partial charge in [-0.2, -0.15) is 0 Å². The summed E-state index contributed by atoms with van der Waals surface area (Å²) in [6.45, 7) is 1.88. The van der Waals surface area contributed by atoms with E-state index in [1.54, 1.807) is 54.7 Å². The molecule has 2 saturated heterocycles. The number of aromatic nitrogens is 1. The van der Waals surface area contributed by atoms with Crippen LogP contribution >= 0.6 is 0 Å². The summed E-state index contributed by atoms with van der Waals surface area (Å²) in [6.07, 6.45) is 5.15. The lowest BCUT2D eigenvalue weighted by atomic mass is 9.93. The fraction of sp³-hybridized carbons (Fsp3) is 0.375. The minimum atomic E-state index is -0.270. The van der Waals surface area contributed by atoms with Crippen LogP contribution in [0.4, 0.5) is 0 Å². The minimum absolute atomic E-state index is 0.00503. The SMILES string of the molecule is COc1ccc2cc1Oc1cc(ccc1O)CCC(=O)N[C@@H]1CN(C(=O)C3CCN(C(=O)c4ccncc4)CC3)C[C@@H]21. The lowest BCUT2D eigenvalue weighted by Crippen LogP contribution is -2.45. The largest absolute Gasteiger partial charge is 0.504 e. The van der Waals surface area contributed by atoms with Gasteiger partial charge < -0.3 is 29.7 Å². The number of carbonyl (C=O) groups is 3. The number of methoxy groups -OCH3 is 1. The molecule has 3 amide bonds. The molecule has 10 nitrogen and oxygen atoms in total. The van der Waals surface area contributed by atoms with Crippen molar-refractivity contribution in [2.75, 3.05) is 33.3 Å². The number of phenolic OH excluding ortho intramolecular Hbond substituents is 1. The number of aromatic hydroxyl groups is 1. The van der Waals surface area contributed by atoms with Crippen molar-refractivity contribution in [3.05, 3.63) is 77.6 Å². The van der Waals surface area contributed by atoms with Crippen LogP contribution in [0, 0.1) is 5.92 Å². The van der Waals surface area contributed by atoms with Crippen molar-refractivity contribution >= 4 is 17.7 Å². The number of carbonyl (C=O) groups excluding carboxylic acids is 3. The van der Waals surface area contributed by atoms with E-state index in [0.29, 0.717) is 62.5 Å². The highest BCUT2D eigenvalue weighted by Crippen LogP contribution is 2.40. The lowest BCUT2D eigenvalue weighted by Gasteiger charge is -2.33. The van der Waals surface area contributed by atoms with Crippen molar-refractivity contribution in [3.8, 4) is 23.0 Å². The predicted octanol–water partition coefficient (Wildman–Crippen LogP) is 3.50. The van der Waals surface area contributed by atoms with Gasteiger partial charge in [-0.25, -0.2) is 0 Å². The normalized spacial score (nSPS) is 20.7. The first-order valence-corrected chi connectivity index (χ1v) is 14.3. The number of piperidine rings is 1. The van der Waals surface area contributed by atoms with Gasteiger partial charge in [-0.05, 0) is 66.8 Å². The second-order valence-corrected chi connectivity index (χ2v) is 11.1. The molecule has 3 aliphatic heterocycles. The van der Waals surface area contributed by atoms with Crippen LogP contribution in [0.1, 0.15) is 46.7 Å². The molecule has 0 radical (unpaired) electrons. The molecule has 4 bridgehead atoms. The standard InChI is InChI=1S/C32H34N4O6/c1-41-27-6-4-23-17-29(27)42-28-16-20(2-5-26(28)37)3-7-30(38)34-25-19-36(18-24(23)25)32(40)22-10-14-35(15-11-22)31(39)21-8-12-33-13-9-21/h2,4-6,8-9,12-13,16-17,22,24-25,37H,3,7,10-11,14-15,18-19H2,1H3,(H,34,38)/t24-,25+/m0/s1. The first-order valence-electron chi connectivity index (χ1n) is 14.3. The maximum Gasteiger partial charge on any atom is 0.253 e. The van der Waals surface area contributed by atoms with Crippen LogP contribution in [0.5, 0.6) is 23.0 Å². The molecule has 1 aromatic heterocycles. The van der Waals surface area contributed by atoms with Crippen molar-refractivity contribution in [2.45, 2.75) is 37.6 Å². The van der Waals surface area contributed by atoms with Gasteiger partial charge in [0.2, 0.25) is 11.8 Å². The molecule has 0 saturated carbocycles. The van der Waals surface area contributed by atoms with E-state index in [9.17, 15) is 19.5 Å². The third-order valence-electron chi connectivity index (χ3n) is 8.54. The van der Waals surface area contributed by atoms with Crippen LogP contribution < -0.4 is 14.8 Å².